The Balaban J connectivity index is 1.44. The fraction of sp³-hybridized carbons (Fsp3) is 0.417. The van der Waals surface area contributed by atoms with Crippen LogP contribution in [-0.4, -0.2) is 36.0 Å². The van der Waals surface area contributed by atoms with E-state index in [1.54, 1.807) is 4.90 Å². The predicted molar refractivity (Wildman–Crippen MR) is 110 cm³/mol. The van der Waals surface area contributed by atoms with E-state index < -0.39 is 11.7 Å². The second-order valence-corrected chi connectivity index (χ2v) is 8.28. The highest BCUT2D eigenvalue weighted by molar-refractivity contribution is 6.00. The van der Waals surface area contributed by atoms with Gasteiger partial charge in [-0.05, 0) is 49.4 Å². The molecule has 2 aromatic carbocycles. The van der Waals surface area contributed by atoms with Crippen LogP contribution in [0, 0.1) is 5.92 Å². The first-order valence-electron chi connectivity index (χ1n) is 10.6. The smallest absolute Gasteiger partial charge is 0.416 e. The van der Waals surface area contributed by atoms with Gasteiger partial charge in [0.25, 0.3) is 0 Å². The second-order valence-electron chi connectivity index (χ2n) is 8.28. The first kappa shape index (κ1) is 22.2. The largest absolute Gasteiger partial charge is 0.496 e. The summed E-state index contributed by atoms with van der Waals surface area (Å²) in [7, 11) is 1.25. The fourth-order valence-corrected chi connectivity index (χ4v) is 4.77. The maximum atomic E-state index is 13.2. The first-order chi connectivity index (χ1) is 15.3. The van der Waals surface area contributed by atoms with E-state index in [1.807, 2.05) is 30.3 Å². The normalized spacial score (nSPS) is 22.5. The molecule has 2 bridgehead atoms. The third-order valence-corrected chi connectivity index (χ3v) is 6.31. The van der Waals surface area contributed by atoms with E-state index in [1.165, 1.54) is 13.2 Å². The lowest BCUT2D eigenvalue weighted by molar-refractivity contribution is -0.137. The Morgan fingerprint density at radius 2 is 1.69 bits per heavy atom. The van der Waals surface area contributed by atoms with Gasteiger partial charge in [-0.2, -0.15) is 13.2 Å². The number of ether oxygens (including phenoxy) is 2. The van der Waals surface area contributed by atoms with Crippen molar-refractivity contribution in [1.29, 1.82) is 0 Å². The lowest BCUT2D eigenvalue weighted by Crippen LogP contribution is -2.48. The molecule has 2 aliphatic heterocycles. The zero-order valence-corrected chi connectivity index (χ0v) is 17.6. The van der Waals surface area contributed by atoms with E-state index in [2.05, 4.69) is 0 Å². The minimum atomic E-state index is -4.51. The Morgan fingerprint density at radius 1 is 1.03 bits per heavy atom. The molecule has 2 heterocycles. The fourth-order valence-electron chi connectivity index (χ4n) is 4.77. The molecule has 2 unspecified atom stereocenters. The van der Waals surface area contributed by atoms with Gasteiger partial charge in [0.15, 0.2) is 5.78 Å². The number of methoxy groups -OCH3 is 1. The number of benzene rings is 2. The maximum Gasteiger partial charge on any atom is 0.416 e. The molecular weight excluding hydrogens is 423 g/mol. The Kier molecular flexibility index (Phi) is 6.13. The number of piperidine rings is 1. The third-order valence-electron chi connectivity index (χ3n) is 6.31. The zero-order valence-electron chi connectivity index (χ0n) is 17.6. The molecule has 0 spiro atoms. The molecule has 2 saturated heterocycles. The van der Waals surface area contributed by atoms with Crippen LogP contribution < -0.4 is 4.74 Å². The van der Waals surface area contributed by atoms with Gasteiger partial charge in [-0.25, -0.2) is 4.79 Å². The van der Waals surface area contributed by atoms with Gasteiger partial charge in [-0.3, -0.25) is 4.79 Å². The van der Waals surface area contributed by atoms with E-state index in [0.717, 1.165) is 30.5 Å². The van der Waals surface area contributed by atoms with Gasteiger partial charge in [-0.1, -0.05) is 30.3 Å². The average molecular weight is 447 g/mol. The number of carbonyl (C=O) groups excluding carboxylic acids is 2. The summed E-state index contributed by atoms with van der Waals surface area (Å²) in [5.74, 6) is -0.706. The minimum absolute atomic E-state index is 0.0816. The van der Waals surface area contributed by atoms with Crippen LogP contribution in [0.15, 0.2) is 48.5 Å². The molecule has 2 aliphatic rings. The molecule has 0 N–H and O–H groups in total. The van der Waals surface area contributed by atoms with Crippen LogP contribution in [0.5, 0.6) is 5.75 Å². The number of fused-ring (bicyclic) bond motifs is 2. The number of alkyl halides is 3. The van der Waals surface area contributed by atoms with Crippen LogP contribution >= 0.6 is 0 Å². The maximum absolute atomic E-state index is 13.2. The van der Waals surface area contributed by atoms with Gasteiger partial charge in [-0.15, -0.1) is 0 Å². The van der Waals surface area contributed by atoms with Gasteiger partial charge in [0.05, 0.1) is 18.2 Å². The molecular formula is C24H24F3NO4. The minimum Gasteiger partial charge on any atom is -0.496 e. The average Bonchev–Trinajstić information content (AvgIpc) is 3.06. The van der Waals surface area contributed by atoms with Crippen LogP contribution in [-0.2, 0) is 17.5 Å². The molecule has 170 valence electrons. The Morgan fingerprint density at radius 3 is 2.28 bits per heavy atom. The van der Waals surface area contributed by atoms with Crippen molar-refractivity contribution < 1.29 is 32.2 Å². The van der Waals surface area contributed by atoms with Crippen molar-refractivity contribution in [3.8, 4) is 5.75 Å². The Hall–Kier alpha value is -3.03. The van der Waals surface area contributed by atoms with E-state index >= 15 is 0 Å². The highest BCUT2D eigenvalue weighted by Crippen LogP contribution is 2.42. The highest BCUT2D eigenvalue weighted by atomic mass is 19.4. The topological polar surface area (TPSA) is 55.8 Å². The van der Waals surface area contributed by atoms with E-state index in [-0.39, 0.29) is 47.8 Å². The summed E-state index contributed by atoms with van der Waals surface area (Å²) in [5, 5.41) is 0. The van der Waals surface area contributed by atoms with Crippen molar-refractivity contribution in [2.75, 3.05) is 7.11 Å². The van der Waals surface area contributed by atoms with Crippen LogP contribution in [0.1, 0.15) is 47.2 Å². The number of Topliss-reactive ketones (excluding diaryl/α,β-unsaturated/α-hetero) is 1. The molecule has 0 radical (unpaired) electrons. The third kappa shape index (κ3) is 4.45. The van der Waals surface area contributed by atoms with Crippen molar-refractivity contribution >= 4 is 11.9 Å². The number of nitrogens with zero attached hydrogens (tertiary/aromatic N) is 1. The van der Waals surface area contributed by atoms with E-state index in [4.69, 9.17) is 9.47 Å². The van der Waals surface area contributed by atoms with Crippen LogP contribution in [0.3, 0.4) is 0 Å². The summed E-state index contributed by atoms with van der Waals surface area (Å²) < 4.78 is 49.6. The molecule has 2 fully saturated rings. The molecule has 0 aromatic heterocycles. The van der Waals surface area contributed by atoms with Crippen LogP contribution in [0.2, 0.25) is 0 Å². The summed E-state index contributed by atoms with van der Waals surface area (Å²) in [6.45, 7) is 0.181. The number of halogens is 3. The van der Waals surface area contributed by atoms with Crippen molar-refractivity contribution in [1.82, 2.24) is 4.90 Å². The van der Waals surface area contributed by atoms with Crippen molar-refractivity contribution in [2.45, 2.75) is 50.6 Å². The number of hydrogen-bond acceptors (Lipinski definition) is 4. The van der Waals surface area contributed by atoms with Crippen LogP contribution in [0.25, 0.3) is 0 Å². The zero-order chi connectivity index (χ0) is 22.9. The monoisotopic (exact) mass is 447 g/mol. The second kappa shape index (κ2) is 8.84. The first-order valence-corrected chi connectivity index (χ1v) is 10.6. The molecule has 5 nitrogen and oxygen atoms in total. The number of amides is 1. The Bertz CT molecular complexity index is 978. The van der Waals surface area contributed by atoms with Gasteiger partial charge >= 0.3 is 12.3 Å². The van der Waals surface area contributed by atoms with Gasteiger partial charge < -0.3 is 14.4 Å². The molecule has 0 saturated carbocycles. The van der Waals surface area contributed by atoms with E-state index in [9.17, 15) is 22.8 Å². The molecule has 32 heavy (non-hydrogen) atoms. The van der Waals surface area contributed by atoms with E-state index in [0.29, 0.717) is 12.8 Å². The SMILES string of the molecule is COc1cc(C(F)(F)F)ccc1C(=O)C1CC2CCC(C1)N2C(=O)OCc1ccccc1. The Labute approximate surface area is 184 Å². The molecule has 1 amide bonds. The lowest BCUT2D eigenvalue weighted by Gasteiger charge is -2.37. The highest BCUT2D eigenvalue weighted by Gasteiger charge is 2.46. The summed E-state index contributed by atoms with van der Waals surface area (Å²) in [5.41, 5.74) is 0.180. The summed E-state index contributed by atoms with van der Waals surface area (Å²) in [4.78, 5) is 27.6. The van der Waals surface area contributed by atoms with Gasteiger partial charge in [0.2, 0.25) is 0 Å². The summed E-state index contributed by atoms with van der Waals surface area (Å²) >= 11 is 0. The number of rotatable bonds is 5. The van der Waals surface area contributed by atoms with Gasteiger partial charge in [0.1, 0.15) is 12.4 Å². The molecule has 0 aliphatic carbocycles. The number of carbonyl (C=O) groups is 2. The van der Waals surface area contributed by atoms with Gasteiger partial charge in [0, 0.05) is 18.0 Å². The molecule has 2 atom stereocenters. The lowest BCUT2D eigenvalue weighted by atomic mass is 9.84. The standard InChI is InChI=1S/C24H24F3NO4/c1-31-21-13-17(24(25,26)27)7-10-20(21)22(29)16-11-18-8-9-19(12-16)28(18)23(30)32-14-15-5-3-2-4-6-15/h2-7,10,13,16,18-19H,8-9,11-12,14H2,1H3. The number of hydrogen-bond donors (Lipinski definition) is 0. The molecule has 2 aromatic rings. The summed E-state index contributed by atoms with van der Waals surface area (Å²) in [6.07, 6.45) is -2.43. The molecule has 4 rings (SSSR count). The van der Waals surface area contributed by atoms with Crippen molar-refractivity contribution in [3.05, 3.63) is 65.2 Å². The predicted octanol–water partition coefficient (Wildman–Crippen LogP) is 5.48. The summed E-state index contributed by atoms with van der Waals surface area (Å²) in [6, 6.07) is 12.1. The quantitative estimate of drug-likeness (QED) is 0.570. The molecule has 8 heteroatoms. The van der Waals surface area contributed by atoms with Crippen molar-refractivity contribution in [2.24, 2.45) is 5.92 Å². The van der Waals surface area contributed by atoms with Crippen molar-refractivity contribution in [3.63, 3.8) is 0 Å². The number of ketones is 1. The van der Waals surface area contributed by atoms with Crippen LogP contribution in [0.4, 0.5) is 18.0 Å².